The topological polar surface area (TPSA) is 58.6 Å². The first kappa shape index (κ1) is 8.06. The van der Waals surface area contributed by atoms with Crippen LogP contribution in [-0.2, 0) is 0 Å². The van der Waals surface area contributed by atoms with Crippen LogP contribution in [0.5, 0.6) is 0 Å². The van der Waals surface area contributed by atoms with Crippen LogP contribution in [0.3, 0.4) is 0 Å². The molecule has 0 spiro atoms. The lowest BCUT2D eigenvalue weighted by Crippen LogP contribution is -1.90. The molecule has 0 radical (unpaired) electrons. The second-order valence-electron chi connectivity index (χ2n) is 2.28. The smallest absolute Gasteiger partial charge is 0.255 e. The Kier molecular flexibility index (Phi) is 1.90. The molecule has 0 amide bonds. The van der Waals surface area contributed by atoms with Gasteiger partial charge in [0.2, 0.25) is 0 Å². The third kappa shape index (κ3) is 1.62. The maximum Gasteiger partial charge on any atom is 0.322 e. The minimum Gasteiger partial charge on any atom is -0.255 e. The van der Waals surface area contributed by atoms with Crippen LogP contribution in [-0.4, -0.2) is 15.2 Å². The number of halogens is 1. The van der Waals surface area contributed by atoms with E-state index >= 15 is 0 Å². The molecule has 13 heavy (non-hydrogen) atoms. The van der Waals surface area contributed by atoms with Gasteiger partial charge in [0.1, 0.15) is 11.5 Å². The van der Waals surface area contributed by atoms with Gasteiger partial charge < -0.3 is 0 Å². The number of aromatic amines is 1. The molecule has 2 heterocycles. The summed E-state index contributed by atoms with van der Waals surface area (Å²) in [6.45, 7) is 0. The standard InChI is InChI=1S/C7H4FN3OS/c8-4-1-2-5(9-3-4)6-10-11-7(12)13-6/h1-3H,(H,11,12). The third-order valence-corrected chi connectivity index (χ3v) is 2.16. The van der Waals surface area contributed by atoms with Crippen molar-refractivity contribution in [1.82, 2.24) is 15.2 Å². The summed E-state index contributed by atoms with van der Waals surface area (Å²) in [6, 6.07) is 2.75. The van der Waals surface area contributed by atoms with Crippen molar-refractivity contribution in [2.75, 3.05) is 0 Å². The molecule has 2 aromatic heterocycles. The van der Waals surface area contributed by atoms with Crippen molar-refractivity contribution in [2.24, 2.45) is 0 Å². The molecule has 2 rings (SSSR count). The fourth-order valence-electron chi connectivity index (χ4n) is 0.842. The number of H-pyrrole nitrogens is 1. The molecular weight excluding hydrogens is 193 g/mol. The van der Waals surface area contributed by atoms with Gasteiger partial charge in [-0.3, -0.25) is 9.78 Å². The Morgan fingerprint density at radius 3 is 2.85 bits per heavy atom. The molecule has 0 saturated carbocycles. The van der Waals surface area contributed by atoms with Crippen molar-refractivity contribution in [3.05, 3.63) is 33.8 Å². The highest BCUT2D eigenvalue weighted by Crippen LogP contribution is 2.14. The first-order valence-electron chi connectivity index (χ1n) is 3.43. The lowest BCUT2D eigenvalue weighted by molar-refractivity contribution is 0.622. The van der Waals surface area contributed by atoms with Gasteiger partial charge in [-0.15, -0.1) is 0 Å². The van der Waals surface area contributed by atoms with E-state index in [-0.39, 0.29) is 4.87 Å². The molecule has 4 nitrogen and oxygen atoms in total. The van der Waals surface area contributed by atoms with Crippen molar-refractivity contribution in [2.45, 2.75) is 0 Å². The van der Waals surface area contributed by atoms with Gasteiger partial charge in [0.15, 0.2) is 5.01 Å². The Morgan fingerprint density at radius 2 is 2.31 bits per heavy atom. The minimum absolute atomic E-state index is 0.249. The Bertz CT molecular complexity index is 461. The molecule has 0 fully saturated rings. The normalized spacial score (nSPS) is 10.2. The first-order chi connectivity index (χ1) is 6.25. The zero-order valence-corrected chi connectivity index (χ0v) is 7.14. The Morgan fingerprint density at radius 1 is 1.46 bits per heavy atom. The van der Waals surface area contributed by atoms with E-state index in [2.05, 4.69) is 15.2 Å². The van der Waals surface area contributed by atoms with Gasteiger partial charge in [-0.1, -0.05) is 11.3 Å². The molecule has 0 aromatic carbocycles. The third-order valence-electron chi connectivity index (χ3n) is 1.38. The molecule has 2 aromatic rings. The van der Waals surface area contributed by atoms with Crippen LogP contribution in [0.2, 0.25) is 0 Å². The molecule has 0 atom stereocenters. The maximum absolute atomic E-state index is 12.5. The minimum atomic E-state index is -0.411. The van der Waals surface area contributed by atoms with Crippen LogP contribution in [0.25, 0.3) is 10.7 Å². The van der Waals surface area contributed by atoms with Gasteiger partial charge in [-0.2, -0.15) is 5.10 Å². The van der Waals surface area contributed by atoms with Crippen molar-refractivity contribution < 1.29 is 4.39 Å². The second kappa shape index (κ2) is 3.06. The van der Waals surface area contributed by atoms with Gasteiger partial charge in [-0.05, 0) is 12.1 Å². The Hall–Kier alpha value is -1.56. The zero-order valence-electron chi connectivity index (χ0n) is 6.32. The molecule has 0 aliphatic rings. The summed E-state index contributed by atoms with van der Waals surface area (Å²) in [4.78, 5) is 14.3. The molecule has 1 N–H and O–H groups in total. The van der Waals surface area contributed by atoms with Gasteiger partial charge in [-0.25, -0.2) is 9.49 Å². The number of aromatic nitrogens is 3. The summed E-state index contributed by atoms with van der Waals surface area (Å²) in [5, 5.41) is 6.44. The van der Waals surface area contributed by atoms with Crippen molar-refractivity contribution in [3.63, 3.8) is 0 Å². The number of nitrogens with zero attached hydrogens (tertiary/aromatic N) is 2. The van der Waals surface area contributed by atoms with Gasteiger partial charge in [0.25, 0.3) is 0 Å². The molecule has 66 valence electrons. The van der Waals surface area contributed by atoms with Crippen molar-refractivity contribution >= 4 is 11.3 Å². The van der Waals surface area contributed by atoms with E-state index in [1.807, 2.05) is 0 Å². The van der Waals surface area contributed by atoms with Gasteiger partial charge in [0.05, 0.1) is 6.20 Å². The molecule has 0 aliphatic heterocycles. The highest BCUT2D eigenvalue weighted by molar-refractivity contribution is 7.12. The van der Waals surface area contributed by atoms with Crippen LogP contribution in [0.4, 0.5) is 4.39 Å². The van der Waals surface area contributed by atoms with Crippen molar-refractivity contribution in [3.8, 4) is 10.7 Å². The number of rotatable bonds is 1. The summed E-state index contributed by atoms with van der Waals surface area (Å²) in [5.74, 6) is -0.411. The van der Waals surface area contributed by atoms with E-state index in [4.69, 9.17) is 0 Å². The average Bonchev–Trinajstić information content (AvgIpc) is 2.53. The molecule has 0 unspecified atom stereocenters. The van der Waals surface area contributed by atoms with Crippen LogP contribution >= 0.6 is 11.3 Å². The molecular formula is C7H4FN3OS. The molecule has 6 heteroatoms. The fourth-order valence-corrected chi connectivity index (χ4v) is 1.43. The quantitative estimate of drug-likeness (QED) is 0.742. The van der Waals surface area contributed by atoms with Crippen LogP contribution < -0.4 is 4.87 Å². The fraction of sp³-hybridized carbons (Fsp3) is 0. The first-order valence-corrected chi connectivity index (χ1v) is 4.25. The van der Waals surface area contributed by atoms with Crippen LogP contribution in [0.15, 0.2) is 23.1 Å². The number of hydrogen-bond acceptors (Lipinski definition) is 4. The number of nitrogens with one attached hydrogen (secondary N) is 1. The number of hydrogen-bond donors (Lipinski definition) is 1. The molecule has 0 aliphatic carbocycles. The maximum atomic E-state index is 12.5. The number of pyridine rings is 1. The van der Waals surface area contributed by atoms with E-state index < -0.39 is 5.82 Å². The Labute approximate surface area is 76.1 Å². The van der Waals surface area contributed by atoms with Gasteiger partial charge >= 0.3 is 4.87 Å². The monoisotopic (exact) mass is 197 g/mol. The molecule has 0 bridgehead atoms. The highest BCUT2D eigenvalue weighted by Gasteiger charge is 2.03. The summed E-state index contributed by atoms with van der Waals surface area (Å²) in [6.07, 6.45) is 1.08. The average molecular weight is 197 g/mol. The summed E-state index contributed by atoms with van der Waals surface area (Å²) < 4.78 is 12.5. The summed E-state index contributed by atoms with van der Waals surface area (Å²) >= 11 is 0.940. The lowest BCUT2D eigenvalue weighted by Gasteiger charge is -1.91. The van der Waals surface area contributed by atoms with E-state index in [0.29, 0.717) is 10.7 Å². The van der Waals surface area contributed by atoms with E-state index in [1.54, 1.807) is 0 Å². The lowest BCUT2D eigenvalue weighted by atomic mass is 10.4. The van der Waals surface area contributed by atoms with E-state index in [0.717, 1.165) is 17.5 Å². The Balaban J connectivity index is 2.47. The van der Waals surface area contributed by atoms with Gasteiger partial charge in [0, 0.05) is 0 Å². The SMILES string of the molecule is O=c1[nH]nc(-c2ccc(F)cn2)s1. The largest absolute Gasteiger partial charge is 0.322 e. The highest BCUT2D eigenvalue weighted by atomic mass is 32.1. The van der Waals surface area contributed by atoms with Crippen LogP contribution in [0, 0.1) is 5.82 Å². The summed E-state index contributed by atoms with van der Waals surface area (Å²) in [5.41, 5.74) is 0.491. The van der Waals surface area contributed by atoms with E-state index in [1.165, 1.54) is 12.1 Å². The second-order valence-corrected chi connectivity index (χ2v) is 3.24. The zero-order chi connectivity index (χ0) is 9.26. The van der Waals surface area contributed by atoms with E-state index in [9.17, 15) is 9.18 Å². The van der Waals surface area contributed by atoms with Crippen molar-refractivity contribution in [1.29, 1.82) is 0 Å². The molecule has 0 saturated heterocycles. The predicted octanol–water partition coefficient (Wildman–Crippen LogP) is 1.03. The van der Waals surface area contributed by atoms with Crippen LogP contribution in [0.1, 0.15) is 0 Å². The summed E-state index contributed by atoms with van der Waals surface area (Å²) in [7, 11) is 0. The predicted molar refractivity (Wildman–Crippen MR) is 45.9 cm³/mol.